The molecule has 2 aromatic carbocycles. The first-order valence-electron chi connectivity index (χ1n) is 10.8. The summed E-state index contributed by atoms with van der Waals surface area (Å²) in [6.45, 7) is 9.01. The number of nitrogens with zero attached hydrogens (tertiary/aromatic N) is 3. The van der Waals surface area contributed by atoms with Gasteiger partial charge in [-0.05, 0) is 40.0 Å². The van der Waals surface area contributed by atoms with Crippen LogP contribution in [0.5, 0.6) is 0 Å². The molecule has 0 spiro atoms. The number of fused-ring (bicyclic) bond motifs is 3. The van der Waals surface area contributed by atoms with Gasteiger partial charge >= 0.3 is 0 Å². The van der Waals surface area contributed by atoms with E-state index in [0.717, 1.165) is 31.6 Å². The van der Waals surface area contributed by atoms with Crippen molar-refractivity contribution >= 4 is 22.2 Å². The molecule has 0 saturated heterocycles. The van der Waals surface area contributed by atoms with E-state index in [4.69, 9.17) is 4.98 Å². The lowest BCUT2D eigenvalue weighted by Gasteiger charge is -2.40. The molecule has 1 aliphatic heterocycles. The summed E-state index contributed by atoms with van der Waals surface area (Å²) >= 11 is 1.78. The molecule has 0 atom stereocenters. The fourth-order valence-electron chi connectivity index (χ4n) is 4.84. The molecule has 5 rings (SSSR count). The van der Waals surface area contributed by atoms with Crippen LogP contribution in [0.1, 0.15) is 35.7 Å². The second-order valence-electron chi connectivity index (χ2n) is 8.97. The zero-order chi connectivity index (χ0) is 20.9. The number of hydrogen-bond acceptors (Lipinski definition) is 3. The monoisotopic (exact) mass is 415 g/mol. The zero-order valence-corrected chi connectivity index (χ0v) is 19.1. The van der Waals surface area contributed by atoms with Gasteiger partial charge in [0.25, 0.3) is 0 Å². The highest BCUT2D eigenvalue weighted by molar-refractivity contribution is 7.09. The minimum Gasteiger partial charge on any atom is -0.344 e. The molecule has 0 aliphatic carbocycles. The topological polar surface area (TPSA) is 21.1 Å². The summed E-state index contributed by atoms with van der Waals surface area (Å²) in [6.07, 6.45) is 2.08. The third-order valence-electron chi connectivity index (χ3n) is 6.75. The standard InChI is InChI=1S/C26H29N3S/c1-18-10-11-22-20(16-18)25-23(12-14-28(4)26(25,2)3)29(22)15-13-24-27-21(17-30-24)19-8-6-5-7-9-19/h5-11,16-17H,12-15H2,1-4H3. The van der Waals surface area contributed by atoms with E-state index < -0.39 is 0 Å². The van der Waals surface area contributed by atoms with Gasteiger partial charge in [-0.3, -0.25) is 4.90 Å². The van der Waals surface area contributed by atoms with Crippen molar-refractivity contribution in [3.63, 3.8) is 0 Å². The number of hydrogen-bond donors (Lipinski definition) is 0. The third kappa shape index (κ3) is 3.19. The van der Waals surface area contributed by atoms with Crippen molar-refractivity contribution in [3.05, 3.63) is 75.7 Å². The highest BCUT2D eigenvalue weighted by atomic mass is 32.1. The molecule has 3 heterocycles. The first kappa shape index (κ1) is 19.5. The van der Waals surface area contributed by atoms with Crippen LogP contribution in [-0.2, 0) is 24.9 Å². The van der Waals surface area contributed by atoms with E-state index in [1.54, 1.807) is 11.3 Å². The number of benzene rings is 2. The molecule has 4 heteroatoms. The van der Waals surface area contributed by atoms with E-state index in [1.807, 2.05) is 0 Å². The summed E-state index contributed by atoms with van der Waals surface area (Å²) in [7, 11) is 2.25. The van der Waals surface area contributed by atoms with Gasteiger partial charge in [0.2, 0.25) is 0 Å². The lowest BCUT2D eigenvalue weighted by atomic mass is 9.85. The highest BCUT2D eigenvalue weighted by Gasteiger charge is 2.36. The van der Waals surface area contributed by atoms with Crippen molar-refractivity contribution in [2.45, 2.75) is 45.7 Å². The maximum Gasteiger partial charge on any atom is 0.0950 e. The lowest BCUT2D eigenvalue weighted by Crippen LogP contribution is -2.44. The summed E-state index contributed by atoms with van der Waals surface area (Å²) in [6, 6.07) is 17.4. The second-order valence-corrected chi connectivity index (χ2v) is 9.91. The molecule has 0 radical (unpaired) electrons. The molecule has 3 nitrogen and oxygen atoms in total. The Bertz CT molecular complexity index is 1200. The predicted molar refractivity (Wildman–Crippen MR) is 127 cm³/mol. The maximum atomic E-state index is 4.92. The van der Waals surface area contributed by atoms with Crippen LogP contribution in [0.4, 0.5) is 0 Å². The number of aryl methyl sites for hydroxylation is 3. The summed E-state index contributed by atoms with van der Waals surface area (Å²) < 4.78 is 2.57. The van der Waals surface area contributed by atoms with Crippen LogP contribution in [-0.4, -0.2) is 28.0 Å². The van der Waals surface area contributed by atoms with Gasteiger partial charge in [-0.25, -0.2) is 4.98 Å². The summed E-state index contributed by atoms with van der Waals surface area (Å²) in [5.74, 6) is 0. The SMILES string of the molecule is Cc1ccc2c(c1)c1c(n2CCc2nc(-c3ccccc3)cs2)CCN(C)C1(C)C. The van der Waals surface area contributed by atoms with Crippen LogP contribution >= 0.6 is 11.3 Å². The van der Waals surface area contributed by atoms with Crippen molar-refractivity contribution < 1.29 is 0 Å². The molecule has 30 heavy (non-hydrogen) atoms. The maximum absolute atomic E-state index is 4.92. The second kappa shape index (κ2) is 7.36. The third-order valence-corrected chi connectivity index (χ3v) is 7.66. The molecule has 0 unspecified atom stereocenters. The van der Waals surface area contributed by atoms with E-state index in [1.165, 1.54) is 38.3 Å². The quantitative estimate of drug-likeness (QED) is 0.405. The van der Waals surface area contributed by atoms with Crippen LogP contribution in [0.3, 0.4) is 0 Å². The lowest BCUT2D eigenvalue weighted by molar-refractivity contribution is 0.143. The van der Waals surface area contributed by atoms with Crippen molar-refractivity contribution in [1.82, 2.24) is 14.5 Å². The minimum atomic E-state index is 0.0482. The zero-order valence-electron chi connectivity index (χ0n) is 18.3. The largest absolute Gasteiger partial charge is 0.344 e. The molecule has 0 saturated carbocycles. The molecule has 4 aromatic rings. The molecular weight excluding hydrogens is 386 g/mol. The van der Waals surface area contributed by atoms with Gasteiger partial charge in [0.15, 0.2) is 0 Å². The molecule has 0 bridgehead atoms. The summed E-state index contributed by atoms with van der Waals surface area (Å²) in [4.78, 5) is 7.42. The van der Waals surface area contributed by atoms with E-state index in [2.05, 4.69) is 91.2 Å². The fraction of sp³-hybridized carbons (Fsp3) is 0.346. The molecule has 1 aliphatic rings. The van der Waals surface area contributed by atoms with E-state index >= 15 is 0 Å². The molecule has 2 aromatic heterocycles. The Hall–Kier alpha value is -2.43. The van der Waals surface area contributed by atoms with Gasteiger partial charge in [-0.1, -0.05) is 42.0 Å². The van der Waals surface area contributed by atoms with Gasteiger partial charge in [-0.15, -0.1) is 11.3 Å². The van der Waals surface area contributed by atoms with Crippen LogP contribution in [0.25, 0.3) is 22.2 Å². The Balaban J connectivity index is 1.51. The fourth-order valence-corrected chi connectivity index (χ4v) is 5.63. The average molecular weight is 416 g/mol. The van der Waals surface area contributed by atoms with Crippen molar-refractivity contribution in [2.75, 3.05) is 13.6 Å². The first-order valence-corrected chi connectivity index (χ1v) is 11.7. The van der Waals surface area contributed by atoms with E-state index in [-0.39, 0.29) is 5.54 Å². The van der Waals surface area contributed by atoms with Crippen molar-refractivity contribution in [2.24, 2.45) is 0 Å². The van der Waals surface area contributed by atoms with Gasteiger partial charge in [0, 0.05) is 64.6 Å². The number of thiazole rings is 1. The smallest absolute Gasteiger partial charge is 0.0950 e. The number of likely N-dealkylation sites (N-methyl/N-ethyl adjacent to an activating group) is 1. The van der Waals surface area contributed by atoms with Gasteiger partial charge in [0.05, 0.1) is 10.7 Å². The minimum absolute atomic E-state index is 0.0482. The van der Waals surface area contributed by atoms with E-state index in [0.29, 0.717) is 0 Å². The van der Waals surface area contributed by atoms with Gasteiger partial charge in [-0.2, -0.15) is 0 Å². The predicted octanol–water partition coefficient (Wildman–Crippen LogP) is 6.04. The Morgan fingerprint density at radius 3 is 2.70 bits per heavy atom. The molecule has 0 amide bonds. The Labute approximate surface area is 183 Å². The Morgan fingerprint density at radius 2 is 1.90 bits per heavy atom. The molecule has 0 fully saturated rings. The van der Waals surface area contributed by atoms with Crippen LogP contribution < -0.4 is 0 Å². The van der Waals surface area contributed by atoms with Gasteiger partial charge < -0.3 is 4.57 Å². The first-order chi connectivity index (χ1) is 14.4. The Kier molecular flexibility index (Phi) is 4.79. The van der Waals surface area contributed by atoms with Crippen LogP contribution in [0.2, 0.25) is 0 Å². The molecular formula is C26H29N3S. The Morgan fingerprint density at radius 1 is 1.10 bits per heavy atom. The summed E-state index contributed by atoms with van der Waals surface area (Å²) in [5.41, 5.74) is 8.06. The van der Waals surface area contributed by atoms with Crippen LogP contribution in [0.15, 0.2) is 53.9 Å². The number of rotatable bonds is 4. The van der Waals surface area contributed by atoms with Crippen molar-refractivity contribution in [1.29, 1.82) is 0 Å². The van der Waals surface area contributed by atoms with E-state index in [9.17, 15) is 0 Å². The van der Waals surface area contributed by atoms with Crippen LogP contribution in [0, 0.1) is 6.92 Å². The normalized spacial score (nSPS) is 16.1. The average Bonchev–Trinajstić information content (AvgIpc) is 3.33. The van der Waals surface area contributed by atoms with Gasteiger partial charge in [0.1, 0.15) is 0 Å². The highest BCUT2D eigenvalue weighted by Crippen LogP contribution is 2.41. The molecule has 0 N–H and O–H groups in total. The number of aromatic nitrogens is 2. The molecule has 154 valence electrons. The van der Waals surface area contributed by atoms with Crippen molar-refractivity contribution in [3.8, 4) is 11.3 Å². The summed E-state index contributed by atoms with van der Waals surface area (Å²) in [5, 5.41) is 4.82.